The molecule has 3 saturated carbocycles. The number of hydrogen-bond acceptors (Lipinski definition) is 1. The van der Waals surface area contributed by atoms with Gasteiger partial charge in [-0.05, 0) is 92.3 Å². The first kappa shape index (κ1) is 17.1. The van der Waals surface area contributed by atoms with Gasteiger partial charge < -0.3 is 5.11 Å². The van der Waals surface area contributed by atoms with E-state index < -0.39 is 0 Å². The summed E-state index contributed by atoms with van der Waals surface area (Å²) in [6, 6.07) is 0. The lowest BCUT2D eigenvalue weighted by molar-refractivity contribution is -0.0508. The molecule has 4 rings (SSSR count). The molecule has 0 spiro atoms. The molecule has 1 N–H and O–H groups in total. The molecule has 0 bridgehead atoms. The van der Waals surface area contributed by atoms with Crippen molar-refractivity contribution in [2.45, 2.75) is 97.5 Å². The maximum Gasteiger partial charge on any atom is 0.0577 e. The molecule has 24 heavy (non-hydrogen) atoms. The first-order valence-corrected chi connectivity index (χ1v) is 10.9. The third kappa shape index (κ3) is 2.44. The molecular formula is C23H38O. The fraction of sp³-hybridized carbons (Fsp3) is 0.913. The molecule has 0 aromatic heterocycles. The Hall–Kier alpha value is -0.300. The van der Waals surface area contributed by atoms with Gasteiger partial charge in [-0.15, -0.1) is 0 Å². The fourth-order valence-electron chi connectivity index (χ4n) is 7.68. The van der Waals surface area contributed by atoms with Crippen LogP contribution in [0.2, 0.25) is 0 Å². The van der Waals surface area contributed by atoms with Gasteiger partial charge in [0.1, 0.15) is 0 Å². The highest BCUT2D eigenvalue weighted by atomic mass is 16.3. The van der Waals surface area contributed by atoms with E-state index in [0.29, 0.717) is 10.8 Å². The van der Waals surface area contributed by atoms with Gasteiger partial charge in [-0.3, -0.25) is 0 Å². The Morgan fingerprint density at radius 3 is 2.71 bits per heavy atom. The summed E-state index contributed by atoms with van der Waals surface area (Å²) in [5.74, 6) is 3.79. The number of aliphatic hydroxyl groups excluding tert-OH is 1. The molecule has 4 aliphatic rings. The predicted molar refractivity (Wildman–Crippen MR) is 101 cm³/mol. The van der Waals surface area contributed by atoms with Crippen molar-refractivity contribution < 1.29 is 5.11 Å². The Bertz CT molecular complexity index is 508. The lowest BCUT2D eigenvalue weighted by Crippen LogP contribution is -2.50. The van der Waals surface area contributed by atoms with Crippen LogP contribution in [0.5, 0.6) is 0 Å². The van der Waals surface area contributed by atoms with Crippen molar-refractivity contribution >= 4 is 0 Å². The van der Waals surface area contributed by atoms with Crippen molar-refractivity contribution in [1.82, 2.24) is 0 Å². The summed E-state index contributed by atoms with van der Waals surface area (Å²) in [5, 5.41) is 10.1. The van der Waals surface area contributed by atoms with Crippen molar-refractivity contribution in [3.63, 3.8) is 0 Å². The molecule has 0 radical (unpaired) electrons. The Morgan fingerprint density at radius 1 is 1.08 bits per heavy atom. The average molecular weight is 331 g/mol. The summed E-state index contributed by atoms with van der Waals surface area (Å²) < 4.78 is 0. The van der Waals surface area contributed by atoms with Gasteiger partial charge >= 0.3 is 0 Å². The van der Waals surface area contributed by atoms with E-state index >= 15 is 0 Å². The molecule has 0 heterocycles. The highest BCUT2D eigenvalue weighted by Gasteiger charge is 2.58. The third-order valence-electron chi connectivity index (χ3n) is 9.18. The van der Waals surface area contributed by atoms with Crippen LogP contribution in [0.25, 0.3) is 0 Å². The molecule has 7 atom stereocenters. The zero-order chi connectivity index (χ0) is 16.9. The highest BCUT2D eigenvalue weighted by molar-refractivity contribution is 5.25. The molecule has 136 valence electrons. The first-order chi connectivity index (χ1) is 11.5. The lowest BCUT2D eigenvalue weighted by atomic mass is 9.47. The topological polar surface area (TPSA) is 20.2 Å². The van der Waals surface area contributed by atoms with Crippen LogP contribution >= 0.6 is 0 Å². The quantitative estimate of drug-likeness (QED) is 0.618. The van der Waals surface area contributed by atoms with Gasteiger partial charge in [0.25, 0.3) is 0 Å². The van der Waals surface area contributed by atoms with Crippen molar-refractivity contribution in [1.29, 1.82) is 0 Å². The van der Waals surface area contributed by atoms with Crippen LogP contribution in [0.3, 0.4) is 0 Å². The van der Waals surface area contributed by atoms with Crippen LogP contribution in [0, 0.1) is 34.5 Å². The standard InChI is InChI=1S/C23H38O/c1-4-5-6-16-8-10-20-19-9-7-17-15-18(24)11-13-23(17,3)21(19)12-14-22(16,20)2/h7,16,18-21,24H,4-6,8-15H2,1-3H3. The molecule has 0 amide bonds. The second-order valence-corrected chi connectivity index (χ2v) is 10.1. The normalized spacial score (nSPS) is 50.7. The molecule has 3 fully saturated rings. The van der Waals surface area contributed by atoms with E-state index in [1.807, 2.05) is 0 Å². The van der Waals surface area contributed by atoms with Crippen molar-refractivity contribution in [2.24, 2.45) is 34.5 Å². The zero-order valence-electron chi connectivity index (χ0n) is 16.2. The van der Waals surface area contributed by atoms with E-state index in [1.54, 1.807) is 5.57 Å². The monoisotopic (exact) mass is 330 g/mol. The SMILES string of the molecule is CCCCC1CCC2C3CC=C4CC(O)CCC4(C)C3CCC12C. The Balaban J connectivity index is 1.58. The highest BCUT2D eigenvalue weighted by Crippen LogP contribution is 2.66. The fourth-order valence-corrected chi connectivity index (χ4v) is 7.68. The van der Waals surface area contributed by atoms with E-state index in [-0.39, 0.29) is 6.10 Å². The van der Waals surface area contributed by atoms with Gasteiger partial charge in [0.05, 0.1) is 6.10 Å². The minimum Gasteiger partial charge on any atom is -0.393 e. The number of unbranched alkanes of at least 4 members (excludes halogenated alkanes) is 1. The molecule has 0 saturated heterocycles. The van der Waals surface area contributed by atoms with Crippen LogP contribution < -0.4 is 0 Å². The molecule has 4 aliphatic carbocycles. The largest absolute Gasteiger partial charge is 0.393 e. The smallest absolute Gasteiger partial charge is 0.0577 e. The Labute approximate surface area is 149 Å². The zero-order valence-corrected chi connectivity index (χ0v) is 16.2. The van der Waals surface area contributed by atoms with Crippen molar-refractivity contribution in [2.75, 3.05) is 0 Å². The minimum absolute atomic E-state index is 0.0698. The van der Waals surface area contributed by atoms with Crippen molar-refractivity contribution in [3.05, 3.63) is 11.6 Å². The molecule has 7 unspecified atom stereocenters. The van der Waals surface area contributed by atoms with E-state index in [2.05, 4.69) is 26.8 Å². The van der Waals surface area contributed by atoms with Gasteiger partial charge in [0.2, 0.25) is 0 Å². The summed E-state index contributed by atoms with van der Waals surface area (Å²) >= 11 is 0. The lowest BCUT2D eigenvalue weighted by Gasteiger charge is -2.58. The first-order valence-electron chi connectivity index (χ1n) is 10.9. The average Bonchev–Trinajstić information content (AvgIpc) is 2.90. The Morgan fingerprint density at radius 2 is 1.92 bits per heavy atom. The summed E-state index contributed by atoms with van der Waals surface area (Å²) in [7, 11) is 0. The summed E-state index contributed by atoms with van der Waals surface area (Å²) in [6.07, 6.45) is 17.2. The summed E-state index contributed by atoms with van der Waals surface area (Å²) in [5.41, 5.74) is 2.66. The second-order valence-electron chi connectivity index (χ2n) is 10.1. The summed E-state index contributed by atoms with van der Waals surface area (Å²) in [6.45, 7) is 7.55. The summed E-state index contributed by atoms with van der Waals surface area (Å²) in [4.78, 5) is 0. The maximum atomic E-state index is 10.1. The maximum absolute atomic E-state index is 10.1. The van der Waals surface area contributed by atoms with Crippen LogP contribution in [0.15, 0.2) is 11.6 Å². The van der Waals surface area contributed by atoms with Crippen molar-refractivity contribution in [3.8, 4) is 0 Å². The molecular weight excluding hydrogens is 292 g/mol. The molecule has 0 aromatic rings. The number of allylic oxidation sites excluding steroid dienone is 1. The van der Waals surface area contributed by atoms with Crippen LogP contribution in [0.1, 0.15) is 91.4 Å². The minimum atomic E-state index is -0.0698. The van der Waals surface area contributed by atoms with Gasteiger partial charge in [0, 0.05) is 0 Å². The number of hydrogen-bond donors (Lipinski definition) is 1. The van der Waals surface area contributed by atoms with E-state index in [4.69, 9.17) is 0 Å². The predicted octanol–water partition coefficient (Wildman–Crippen LogP) is 6.12. The number of rotatable bonds is 3. The van der Waals surface area contributed by atoms with Gasteiger partial charge in [-0.1, -0.05) is 45.3 Å². The van der Waals surface area contributed by atoms with Crippen LogP contribution in [-0.4, -0.2) is 11.2 Å². The van der Waals surface area contributed by atoms with Crippen LogP contribution in [-0.2, 0) is 0 Å². The van der Waals surface area contributed by atoms with E-state index in [9.17, 15) is 5.11 Å². The van der Waals surface area contributed by atoms with Gasteiger partial charge in [0.15, 0.2) is 0 Å². The molecule has 0 aliphatic heterocycles. The van der Waals surface area contributed by atoms with Gasteiger partial charge in [-0.25, -0.2) is 0 Å². The second kappa shape index (κ2) is 6.15. The van der Waals surface area contributed by atoms with E-state index in [1.165, 1.54) is 57.8 Å². The Kier molecular flexibility index (Phi) is 4.39. The van der Waals surface area contributed by atoms with Crippen LogP contribution in [0.4, 0.5) is 0 Å². The third-order valence-corrected chi connectivity index (χ3v) is 9.18. The molecule has 1 heteroatoms. The molecule has 0 aromatic carbocycles. The number of fused-ring (bicyclic) bond motifs is 5. The van der Waals surface area contributed by atoms with Gasteiger partial charge in [-0.2, -0.15) is 0 Å². The van der Waals surface area contributed by atoms with E-state index in [0.717, 1.165) is 36.5 Å². The molecule has 1 nitrogen and oxygen atoms in total. The number of aliphatic hydroxyl groups is 1.